The van der Waals surface area contributed by atoms with E-state index in [0.29, 0.717) is 0 Å². The third kappa shape index (κ3) is 3.47. The number of hydrogen-bond donors (Lipinski definition) is 0. The summed E-state index contributed by atoms with van der Waals surface area (Å²) in [6.07, 6.45) is 0.840. The van der Waals surface area contributed by atoms with Crippen molar-refractivity contribution in [2.75, 3.05) is 0 Å². The molecule has 26 heavy (non-hydrogen) atoms. The van der Waals surface area contributed by atoms with Crippen LogP contribution in [0.3, 0.4) is 0 Å². The van der Waals surface area contributed by atoms with Crippen molar-refractivity contribution in [3.63, 3.8) is 0 Å². The first-order chi connectivity index (χ1) is 12.8. The number of aromatic nitrogens is 2. The number of rotatable bonds is 6. The second-order valence-electron chi connectivity index (χ2n) is 6.42. The SMILES string of the molecule is CC(Oc1ccccc1)c1nc2ccccc2n1CCc1ccccc1. The molecular formula is C23H22N2O. The Morgan fingerprint density at radius 3 is 2.27 bits per heavy atom. The lowest BCUT2D eigenvalue weighted by molar-refractivity contribution is 0.211. The summed E-state index contributed by atoms with van der Waals surface area (Å²) >= 11 is 0. The van der Waals surface area contributed by atoms with Crippen LogP contribution in [0.15, 0.2) is 84.9 Å². The van der Waals surface area contributed by atoms with E-state index in [4.69, 9.17) is 9.72 Å². The first-order valence-electron chi connectivity index (χ1n) is 9.02. The van der Waals surface area contributed by atoms with Gasteiger partial charge in [-0.3, -0.25) is 0 Å². The quantitative estimate of drug-likeness (QED) is 0.468. The zero-order valence-electron chi connectivity index (χ0n) is 14.9. The van der Waals surface area contributed by atoms with Crippen LogP contribution >= 0.6 is 0 Å². The third-order valence-electron chi connectivity index (χ3n) is 4.57. The van der Waals surface area contributed by atoms with Gasteiger partial charge in [0.05, 0.1) is 11.0 Å². The van der Waals surface area contributed by atoms with Crippen molar-refractivity contribution in [1.29, 1.82) is 0 Å². The molecule has 0 aliphatic carbocycles. The van der Waals surface area contributed by atoms with E-state index in [1.807, 2.05) is 36.4 Å². The van der Waals surface area contributed by atoms with Gasteiger partial charge in [-0.2, -0.15) is 0 Å². The summed E-state index contributed by atoms with van der Waals surface area (Å²) in [7, 11) is 0. The van der Waals surface area contributed by atoms with E-state index in [0.717, 1.165) is 35.6 Å². The molecule has 1 aromatic heterocycles. The molecule has 3 nitrogen and oxygen atoms in total. The Balaban J connectivity index is 1.64. The van der Waals surface area contributed by atoms with Gasteiger partial charge in [0.15, 0.2) is 11.9 Å². The number of ether oxygens (including phenoxy) is 1. The molecule has 4 rings (SSSR count). The van der Waals surface area contributed by atoms with E-state index in [9.17, 15) is 0 Å². The van der Waals surface area contributed by atoms with Crippen LogP contribution in [-0.4, -0.2) is 9.55 Å². The number of para-hydroxylation sites is 3. The van der Waals surface area contributed by atoms with Gasteiger partial charge in [0.25, 0.3) is 0 Å². The molecule has 0 fully saturated rings. The Morgan fingerprint density at radius 1 is 0.846 bits per heavy atom. The lowest BCUT2D eigenvalue weighted by atomic mass is 10.1. The highest BCUT2D eigenvalue weighted by Crippen LogP contribution is 2.25. The Morgan fingerprint density at radius 2 is 1.50 bits per heavy atom. The predicted molar refractivity (Wildman–Crippen MR) is 105 cm³/mol. The van der Waals surface area contributed by atoms with Crippen LogP contribution in [0.25, 0.3) is 11.0 Å². The van der Waals surface area contributed by atoms with Crippen LogP contribution in [0.4, 0.5) is 0 Å². The highest BCUT2D eigenvalue weighted by atomic mass is 16.5. The summed E-state index contributed by atoms with van der Waals surface area (Å²) < 4.78 is 8.43. The zero-order chi connectivity index (χ0) is 17.8. The van der Waals surface area contributed by atoms with Gasteiger partial charge in [-0.25, -0.2) is 4.98 Å². The van der Waals surface area contributed by atoms with Gasteiger partial charge in [-0.05, 0) is 43.2 Å². The maximum absolute atomic E-state index is 6.14. The molecule has 1 atom stereocenters. The van der Waals surface area contributed by atoms with E-state index in [1.54, 1.807) is 0 Å². The van der Waals surface area contributed by atoms with Crippen molar-refractivity contribution in [2.24, 2.45) is 0 Å². The molecule has 0 saturated carbocycles. The highest BCUT2D eigenvalue weighted by molar-refractivity contribution is 5.76. The van der Waals surface area contributed by atoms with E-state index >= 15 is 0 Å². The third-order valence-corrected chi connectivity index (χ3v) is 4.57. The van der Waals surface area contributed by atoms with Crippen molar-refractivity contribution in [3.05, 3.63) is 96.3 Å². The minimum absolute atomic E-state index is 0.124. The summed E-state index contributed by atoms with van der Waals surface area (Å²) in [5.41, 5.74) is 3.49. The van der Waals surface area contributed by atoms with Crippen molar-refractivity contribution in [2.45, 2.75) is 26.0 Å². The topological polar surface area (TPSA) is 27.1 Å². The highest BCUT2D eigenvalue weighted by Gasteiger charge is 2.18. The van der Waals surface area contributed by atoms with Gasteiger partial charge in [0.1, 0.15) is 5.75 Å². The Labute approximate surface area is 153 Å². The Kier molecular flexibility index (Phi) is 4.69. The lowest BCUT2D eigenvalue weighted by Gasteiger charge is -2.17. The van der Waals surface area contributed by atoms with Crippen LogP contribution in [-0.2, 0) is 13.0 Å². The molecule has 1 heterocycles. The molecule has 0 spiro atoms. The Bertz CT molecular complexity index is 977. The van der Waals surface area contributed by atoms with Crippen molar-refractivity contribution >= 4 is 11.0 Å². The van der Waals surface area contributed by atoms with E-state index in [1.165, 1.54) is 5.56 Å². The summed E-state index contributed by atoms with van der Waals surface area (Å²) in [4.78, 5) is 4.86. The molecule has 0 saturated heterocycles. The van der Waals surface area contributed by atoms with Crippen molar-refractivity contribution in [3.8, 4) is 5.75 Å². The fourth-order valence-electron chi connectivity index (χ4n) is 3.28. The number of fused-ring (bicyclic) bond motifs is 1. The standard InChI is InChI=1S/C23H22N2O/c1-18(26-20-12-6-3-7-13-20)23-24-21-14-8-9-15-22(21)25(23)17-16-19-10-4-2-5-11-19/h2-15,18H,16-17H2,1H3. The molecule has 0 bridgehead atoms. The molecule has 0 aliphatic heterocycles. The van der Waals surface area contributed by atoms with Crippen LogP contribution in [0.2, 0.25) is 0 Å². The minimum Gasteiger partial charge on any atom is -0.483 e. The monoisotopic (exact) mass is 342 g/mol. The molecule has 0 N–H and O–H groups in total. The molecule has 3 aromatic carbocycles. The first kappa shape index (κ1) is 16.4. The van der Waals surface area contributed by atoms with E-state index < -0.39 is 0 Å². The Hall–Kier alpha value is -3.07. The molecule has 1 unspecified atom stereocenters. The van der Waals surface area contributed by atoms with Crippen LogP contribution < -0.4 is 4.74 Å². The molecule has 3 heteroatoms. The van der Waals surface area contributed by atoms with Gasteiger partial charge < -0.3 is 9.30 Å². The maximum atomic E-state index is 6.14. The largest absolute Gasteiger partial charge is 0.483 e. The molecule has 0 radical (unpaired) electrons. The summed E-state index contributed by atoms with van der Waals surface area (Å²) in [6.45, 7) is 2.94. The smallest absolute Gasteiger partial charge is 0.153 e. The summed E-state index contributed by atoms with van der Waals surface area (Å²) in [5.74, 6) is 1.83. The van der Waals surface area contributed by atoms with Gasteiger partial charge >= 0.3 is 0 Å². The maximum Gasteiger partial charge on any atom is 0.153 e. The van der Waals surface area contributed by atoms with E-state index in [2.05, 4.69) is 60.0 Å². The number of imidazole rings is 1. The van der Waals surface area contributed by atoms with E-state index in [-0.39, 0.29) is 6.10 Å². The van der Waals surface area contributed by atoms with Gasteiger partial charge in [-0.1, -0.05) is 60.7 Å². The normalized spacial score (nSPS) is 12.2. The molecular weight excluding hydrogens is 320 g/mol. The first-order valence-corrected chi connectivity index (χ1v) is 9.02. The number of benzene rings is 3. The van der Waals surface area contributed by atoms with Gasteiger partial charge in [0, 0.05) is 6.54 Å². The minimum atomic E-state index is -0.124. The summed E-state index contributed by atoms with van der Waals surface area (Å²) in [6, 6.07) is 28.8. The zero-order valence-corrected chi connectivity index (χ0v) is 14.9. The number of nitrogens with zero attached hydrogens (tertiary/aromatic N) is 2. The molecule has 0 aliphatic rings. The predicted octanol–water partition coefficient (Wildman–Crippen LogP) is 5.42. The van der Waals surface area contributed by atoms with Crippen molar-refractivity contribution < 1.29 is 4.74 Å². The van der Waals surface area contributed by atoms with Crippen LogP contribution in [0, 0.1) is 0 Å². The molecule has 0 amide bonds. The van der Waals surface area contributed by atoms with Crippen LogP contribution in [0.5, 0.6) is 5.75 Å². The molecule has 4 aromatic rings. The number of aryl methyl sites for hydroxylation is 2. The average molecular weight is 342 g/mol. The number of hydrogen-bond acceptors (Lipinski definition) is 2. The summed E-state index contributed by atoms with van der Waals surface area (Å²) in [5, 5.41) is 0. The average Bonchev–Trinajstić information content (AvgIpc) is 3.07. The second kappa shape index (κ2) is 7.44. The van der Waals surface area contributed by atoms with Gasteiger partial charge in [0.2, 0.25) is 0 Å². The fourth-order valence-corrected chi connectivity index (χ4v) is 3.28. The molecule has 130 valence electrons. The fraction of sp³-hybridized carbons (Fsp3) is 0.174. The van der Waals surface area contributed by atoms with Gasteiger partial charge in [-0.15, -0.1) is 0 Å². The van der Waals surface area contributed by atoms with Crippen molar-refractivity contribution in [1.82, 2.24) is 9.55 Å². The lowest BCUT2D eigenvalue weighted by Crippen LogP contribution is -2.13. The van der Waals surface area contributed by atoms with Crippen LogP contribution in [0.1, 0.15) is 24.4 Å². The second-order valence-corrected chi connectivity index (χ2v) is 6.42.